The summed E-state index contributed by atoms with van der Waals surface area (Å²) in [7, 11) is 1.60. The average molecular weight is 394 g/mol. The third-order valence-electron chi connectivity index (χ3n) is 4.37. The second-order valence-electron chi connectivity index (χ2n) is 6.60. The second-order valence-corrected chi connectivity index (χ2v) is 7.89. The molecule has 2 N–H and O–H groups in total. The van der Waals surface area contributed by atoms with E-state index in [2.05, 4.69) is 15.6 Å². The van der Waals surface area contributed by atoms with Crippen molar-refractivity contribution in [1.29, 1.82) is 0 Å². The molecule has 2 aromatic carbocycles. The molecule has 0 saturated carbocycles. The summed E-state index contributed by atoms with van der Waals surface area (Å²) in [4.78, 5) is 30.0. The largest absolute Gasteiger partial charge is 0.359 e. The molecule has 0 fully saturated rings. The standard InChI is InChI=1S/C22H23N3O2S/c1-14-8-10-16(11-9-14)22-19(28-15(2)24-22)13-21(27)25-18-7-5-4-6-17(18)12-20(26)23-3/h4-11H,12-13H2,1-3H3,(H,23,26)(H,25,27). The van der Waals surface area contributed by atoms with E-state index in [0.717, 1.165) is 26.7 Å². The van der Waals surface area contributed by atoms with Crippen LogP contribution in [0.4, 0.5) is 5.69 Å². The highest BCUT2D eigenvalue weighted by Crippen LogP contribution is 2.29. The van der Waals surface area contributed by atoms with Gasteiger partial charge in [-0.25, -0.2) is 4.98 Å². The molecule has 1 aromatic heterocycles. The van der Waals surface area contributed by atoms with E-state index < -0.39 is 0 Å². The molecule has 6 heteroatoms. The lowest BCUT2D eigenvalue weighted by molar-refractivity contribution is -0.120. The van der Waals surface area contributed by atoms with Crippen LogP contribution in [0.3, 0.4) is 0 Å². The topological polar surface area (TPSA) is 71.1 Å². The van der Waals surface area contributed by atoms with Gasteiger partial charge >= 0.3 is 0 Å². The zero-order valence-corrected chi connectivity index (χ0v) is 17.0. The Labute approximate surface area is 168 Å². The molecule has 0 aliphatic rings. The van der Waals surface area contributed by atoms with Crippen molar-refractivity contribution in [3.05, 3.63) is 69.5 Å². The summed E-state index contributed by atoms with van der Waals surface area (Å²) < 4.78 is 0. The van der Waals surface area contributed by atoms with Crippen molar-refractivity contribution in [2.45, 2.75) is 26.7 Å². The lowest BCUT2D eigenvalue weighted by Gasteiger charge is -2.11. The van der Waals surface area contributed by atoms with E-state index in [1.165, 1.54) is 16.9 Å². The molecule has 0 atom stereocenters. The number of thiazole rings is 1. The number of nitrogens with zero attached hydrogens (tertiary/aromatic N) is 1. The Kier molecular flexibility index (Phi) is 6.21. The van der Waals surface area contributed by atoms with Crippen LogP contribution < -0.4 is 10.6 Å². The number of benzene rings is 2. The monoisotopic (exact) mass is 393 g/mol. The van der Waals surface area contributed by atoms with Crippen LogP contribution in [0.5, 0.6) is 0 Å². The summed E-state index contributed by atoms with van der Waals surface area (Å²) in [6.07, 6.45) is 0.463. The molecule has 3 aromatic rings. The highest BCUT2D eigenvalue weighted by molar-refractivity contribution is 7.12. The van der Waals surface area contributed by atoms with Gasteiger partial charge in [-0.1, -0.05) is 48.0 Å². The van der Waals surface area contributed by atoms with Crippen LogP contribution >= 0.6 is 11.3 Å². The van der Waals surface area contributed by atoms with Crippen LogP contribution in [0.2, 0.25) is 0 Å². The summed E-state index contributed by atoms with van der Waals surface area (Å²) in [6.45, 7) is 3.99. The number of rotatable bonds is 6. The SMILES string of the molecule is CNC(=O)Cc1ccccc1NC(=O)Cc1sc(C)nc1-c1ccc(C)cc1. The smallest absolute Gasteiger partial charge is 0.229 e. The number of hydrogen-bond donors (Lipinski definition) is 2. The number of anilines is 1. The molecule has 144 valence electrons. The van der Waals surface area contributed by atoms with Gasteiger partial charge in [0, 0.05) is 23.2 Å². The quantitative estimate of drug-likeness (QED) is 0.667. The number of likely N-dealkylation sites (N-methyl/N-ethyl adjacent to an activating group) is 1. The van der Waals surface area contributed by atoms with Gasteiger partial charge in [0.2, 0.25) is 11.8 Å². The molecule has 2 amide bonds. The van der Waals surface area contributed by atoms with Crippen molar-refractivity contribution in [3.8, 4) is 11.3 Å². The maximum atomic E-state index is 12.7. The van der Waals surface area contributed by atoms with Gasteiger partial charge in [0.05, 0.1) is 23.5 Å². The van der Waals surface area contributed by atoms with Crippen molar-refractivity contribution in [2.24, 2.45) is 0 Å². The van der Waals surface area contributed by atoms with E-state index in [1.807, 2.05) is 62.4 Å². The van der Waals surface area contributed by atoms with Gasteiger partial charge < -0.3 is 10.6 Å². The van der Waals surface area contributed by atoms with Gasteiger partial charge in [0.1, 0.15) is 0 Å². The van der Waals surface area contributed by atoms with Crippen molar-refractivity contribution in [2.75, 3.05) is 12.4 Å². The molecule has 1 heterocycles. The fraction of sp³-hybridized carbons (Fsp3) is 0.227. The molecular weight excluding hydrogens is 370 g/mol. The normalized spacial score (nSPS) is 10.5. The third-order valence-corrected chi connectivity index (χ3v) is 5.34. The lowest BCUT2D eigenvalue weighted by atomic mass is 10.1. The molecule has 0 aliphatic heterocycles. The van der Waals surface area contributed by atoms with Gasteiger partial charge in [-0.15, -0.1) is 11.3 Å². The van der Waals surface area contributed by atoms with Crippen molar-refractivity contribution < 1.29 is 9.59 Å². The molecule has 0 unspecified atom stereocenters. The number of aromatic nitrogens is 1. The minimum atomic E-state index is -0.124. The van der Waals surface area contributed by atoms with E-state index in [4.69, 9.17) is 0 Å². The van der Waals surface area contributed by atoms with Crippen LogP contribution in [-0.4, -0.2) is 23.8 Å². The highest BCUT2D eigenvalue weighted by Gasteiger charge is 2.16. The molecule has 0 spiro atoms. The van der Waals surface area contributed by atoms with Crippen LogP contribution in [0.15, 0.2) is 48.5 Å². The van der Waals surface area contributed by atoms with Gasteiger partial charge in [-0.2, -0.15) is 0 Å². The Morgan fingerprint density at radius 2 is 1.68 bits per heavy atom. The van der Waals surface area contributed by atoms with Crippen molar-refractivity contribution in [3.63, 3.8) is 0 Å². The van der Waals surface area contributed by atoms with Gasteiger partial charge in [0.25, 0.3) is 0 Å². The second kappa shape index (κ2) is 8.80. The van der Waals surface area contributed by atoms with Gasteiger partial charge in [-0.3, -0.25) is 9.59 Å². The van der Waals surface area contributed by atoms with Crippen molar-refractivity contribution in [1.82, 2.24) is 10.3 Å². The van der Waals surface area contributed by atoms with E-state index in [0.29, 0.717) is 5.69 Å². The summed E-state index contributed by atoms with van der Waals surface area (Å²) >= 11 is 1.53. The average Bonchev–Trinajstić information content (AvgIpc) is 3.03. The summed E-state index contributed by atoms with van der Waals surface area (Å²) in [5, 5.41) is 6.48. The molecule has 0 aliphatic carbocycles. The Bertz CT molecular complexity index is 993. The minimum absolute atomic E-state index is 0.0959. The van der Waals surface area contributed by atoms with E-state index >= 15 is 0 Å². The molecule has 0 saturated heterocycles. The number of nitrogens with one attached hydrogen (secondary N) is 2. The lowest BCUT2D eigenvalue weighted by Crippen LogP contribution is -2.21. The highest BCUT2D eigenvalue weighted by atomic mass is 32.1. The first-order valence-electron chi connectivity index (χ1n) is 9.08. The summed E-state index contributed by atoms with van der Waals surface area (Å²) in [5.41, 5.74) is 4.50. The fourth-order valence-electron chi connectivity index (χ4n) is 2.92. The molecule has 3 rings (SSSR count). The Morgan fingerprint density at radius 1 is 0.964 bits per heavy atom. The number of hydrogen-bond acceptors (Lipinski definition) is 4. The fourth-order valence-corrected chi connectivity index (χ4v) is 3.88. The summed E-state index contributed by atoms with van der Waals surface area (Å²) in [5.74, 6) is -0.220. The molecule has 0 bridgehead atoms. The number of para-hydroxylation sites is 1. The Hall–Kier alpha value is -2.99. The molecular formula is C22H23N3O2S. The predicted octanol–water partition coefficient (Wildman–Crippen LogP) is 3.90. The number of carbonyl (C=O) groups is 2. The van der Waals surface area contributed by atoms with Crippen LogP contribution in [0.1, 0.15) is 21.0 Å². The molecule has 5 nitrogen and oxygen atoms in total. The van der Waals surface area contributed by atoms with Gasteiger partial charge in [-0.05, 0) is 25.5 Å². The van der Waals surface area contributed by atoms with E-state index in [1.54, 1.807) is 7.05 Å². The molecule has 28 heavy (non-hydrogen) atoms. The number of amides is 2. The van der Waals surface area contributed by atoms with E-state index in [9.17, 15) is 9.59 Å². The number of carbonyl (C=O) groups excluding carboxylic acids is 2. The maximum Gasteiger partial charge on any atom is 0.229 e. The first kappa shape index (κ1) is 19.8. The summed E-state index contributed by atoms with van der Waals surface area (Å²) in [6, 6.07) is 15.5. The first-order valence-corrected chi connectivity index (χ1v) is 9.89. The van der Waals surface area contributed by atoms with Crippen LogP contribution in [0, 0.1) is 13.8 Å². The number of aryl methyl sites for hydroxylation is 2. The molecule has 0 radical (unpaired) electrons. The maximum absolute atomic E-state index is 12.7. The zero-order chi connectivity index (χ0) is 20.1. The minimum Gasteiger partial charge on any atom is -0.359 e. The first-order chi connectivity index (χ1) is 13.5. The van der Waals surface area contributed by atoms with Gasteiger partial charge in [0.15, 0.2) is 0 Å². The zero-order valence-electron chi connectivity index (χ0n) is 16.2. The van der Waals surface area contributed by atoms with Crippen LogP contribution in [0.25, 0.3) is 11.3 Å². The Balaban J connectivity index is 1.78. The third kappa shape index (κ3) is 4.84. The van der Waals surface area contributed by atoms with Crippen molar-refractivity contribution >= 4 is 28.8 Å². The van der Waals surface area contributed by atoms with E-state index in [-0.39, 0.29) is 24.7 Å². The Morgan fingerprint density at radius 3 is 2.39 bits per heavy atom. The van der Waals surface area contributed by atoms with Crippen LogP contribution in [-0.2, 0) is 22.4 Å². The predicted molar refractivity (Wildman–Crippen MR) is 114 cm³/mol.